The van der Waals surface area contributed by atoms with Gasteiger partial charge in [0.25, 0.3) is 0 Å². The second-order valence-electron chi connectivity index (χ2n) is 4.72. The van der Waals surface area contributed by atoms with Crippen molar-refractivity contribution in [1.82, 2.24) is 0 Å². The second-order valence-corrected chi connectivity index (χ2v) is 4.72. The maximum absolute atomic E-state index is 5.93. The van der Waals surface area contributed by atoms with Gasteiger partial charge in [0.15, 0.2) is 0 Å². The summed E-state index contributed by atoms with van der Waals surface area (Å²) in [6.07, 6.45) is 0. The zero-order valence-corrected chi connectivity index (χ0v) is 10.6. The molecule has 0 aliphatic heterocycles. The number of hydrogen-bond acceptors (Lipinski definition) is 2. The molecule has 0 fully saturated rings. The van der Waals surface area contributed by atoms with Crippen molar-refractivity contribution >= 4 is 11.0 Å². The van der Waals surface area contributed by atoms with Gasteiger partial charge >= 0.3 is 0 Å². The van der Waals surface area contributed by atoms with Gasteiger partial charge < -0.3 is 10.2 Å². The van der Waals surface area contributed by atoms with Crippen molar-refractivity contribution in [3.05, 3.63) is 34.1 Å². The van der Waals surface area contributed by atoms with Crippen LogP contribution in [0.1, 0.15) is 41.0 Å². The Bertz CT molecular complexity index is 550. The third-order valence-corrected chi connectivity index (χ3v) is 3.36. The van der Waals surface area contributed by atoms with Crippen LogP contribution in [0.4, 0.5) is 0 Å². The van der Waals surface area contributed by atoms with E-state index in [1.54, 1.807) is 0 Å². The van der Waals surface area contributed by atoms with Gasteiger partial charge in [-0.3, -0.25) is 0 Å². The molecule has 1 aromatic heterocycles. The number of benzene rings is 1. The summed E-state index contributed by atoms with van der Waals surface area (Å²) in [4.78, 5) is 0. The number of rotatable bonds is 1. The molecule has 2 heteroatoms. The standard InChI is InChI=1S/C14H19NO/c1-7-6-8(2)12-10(4)13(11(5)15)16-14(12)9(7)3/h6,11H,15H2,1-5H3. The van der Waals surface area contributed by atoms with Gasteiger partial charge in [0.05, 0.1) is 6.04 Å². The normalized spacial score (nSPS) is 13.4. The Morgan fingerprint density at radius 1 is 1.06 bits per heavy atom. The lowest BCUT2D eigenvalue weighted by Gasteiger charge is -2.03. The molecule has 2 N–H and O–H groups in total. The van der Waals surface area contributed by atoms with E-state index in [0.29, 0.717) is 0 Å². The van der Waals surface area contributed by atoms with Gasteiger partial charge in [-0.15, -0.1) is 0 Å². The van der Waals surface area contributed by atoms with Gasteiger partial charge in [0.2, 0.25) is 0 Å². The Labute approximate surface area is 96.4 Å². The minimum atomic E-state index is -0.0495. The SMILES string of the molecule is Cc1cc(C)c2c(C)c(C(C)N)oc2c1C. The molecule has 0 radical (unpaired) electrons. The fourth-order valence-electron chi connectivity index (χ4n) is 2.39. The third kappa shape index (κ3) is 1.45. The van der Waals surface area contributed by atoms with Crippen molar-refractivity contribution in [2.24, 2.45) is 5.73 Å². The van der Waals surface area contributed by atoms with E-state index in [9.17, 15) is 0 Å². The zero-order chi connectivity index (χ0) is 12.0. The molecule has 0 saturated carbocycles. The highest BCUT2D eigenvalue weighted by Gasteiger charge is 2.17. The highest BCUT2D eigenvalue weighted by atomic mass is 16.3. The largest absolute Gasteiger partial charge is 0.459 e. The Kier molecular flexibility index (Phi) is 2.55. The van der Waals surface area contributed by atoms with E-state index in [-0.39, 0.29) is 6.04 Å². The van der Waals surface area contributed by atoms with Crippen LogP contribution in [0.15, 0.2) is 10.5 Å². The molecule has 2 aromatic rings. The Hall–Kier alpha value is -1.28. The van der Waals surface area contributed by atoms with Gasteiger partial charge in [-0.05, 0) is 51.3 Å². The molecular weight excluding hydrogens is 198 g/mol. The number of fused-ring (bicyclic) bond motifs is 1. The molecule has 2 rings (SSSR count). The second kappa shape index (κ2) is 3.63. The Morgan fingerprint density at radius 2 is 1.69 bits per heavy atom. The van der Waals surface area contributed by atoms with E-state index in [1.807, 2.05) is 6.92 Å². The van der Waals surface area contributed by atoms with Gasteiger partial charge in [-0.1, -0.05) is 6.07 Å². The van der Waals surface area contributed by atoms with Crippen LogP contribution in [0, 0.1) is 27.7 Å². The minimum Gasteiger partial charge on any atom is -0.459 e. The molecule has 1 atom stereocenters. The molecule has 86 valence electrons. The monoisotopic (exact) mass is 217 g/mol. The lowest BCUT2D eigenvalue weighted by atomic mass is 9.99. The van der Waals surface area contributed by atoms with Crippen LogP contribution in [-0.4, -0.2) is 0 Å². The molecule has 1 unspecified atom stereocenters. The van der Waals surface area contributed by atoms with Crippen LogP contribution in [0.25, 0.3) is 11.0 Å². The van der Waals surface area contributed by atoms with Gasteiger partial charge in [-0.2, -0.15) is 0 Å². The highest BCUT2D eigenvalue weighted by Crippen LogP contribution is 2.34. The number of aryl methyl sites for hydroxylation is 4. The number of nitrogens with two attached hydrogens (primary N) is 1. The first-order chi connectivity index (χ1) is 7.43. The first-order valence-electron chi connectivity index (χ1n) is 5.68. The van der Waals surface area contributed by atoms with Crippen molar-refractivity contribution < 1.29 is 4.42 Å². The van der Waals surface area contributed by atoms with Crippen molar-refractivity contribution in [2.45, 2.75) is 40.7 Å². The van der Waals surface area contributed by atoms with Crippen molar-refractivity contribution in [1.29, 1.82) is 0 Å². The van der Waals surface area contributed by atoms with Gasteiger partial charge in [0.1, 0.15) is 11.3 Å². The summed E-state index contributed by atoms with van der Waals surface area (Å²) < 4.78 is 5.93. The molecule has 0 aliphatic carbocycles. The molecule has 16 heavy (non-hydrogen) atoms. The summed E-state index contributed by atoms with van der Waals surface area (Å²) in [5.74, 6) is 0.909. The molecule has 1 heterocycles. The molecule has 0 bridgehead atoms. The van der Waals surface area contributed by atoms with Crippen LogP contribution in [0.2, 0.25) is 0 Å². The van der Waals surface area contributed by atoms with Crippen LogP contribution < -0.4 is 5.73 Å². The first-order valence-corrected chi connectivity index (χ1v) is 5.68. The van der Waals surface area contributed by atoms with Crippen molar-refractivity contribution in [3.8, 4) is 0 Å². The van der Waals surface area contributed by atoms with E-state index in [4.69, 9.17) is 10.2 Å². The average Bonchev–Trinajstić information content (AvgIpc) is 2.53. The van der Waals surface area contributed by atoms with E-state index in [1.165, 1.54) is 27.6 Å². The molecule has 0 spiro atoms. The summed E-state index contributed by atoms with van der Waals surface area (Å²) in [5.41, 5.74) is 11.9. The quantitative estimate of drug-likeness (QED) is 0.791. The van der Waals surface area contributed by atoms with Crippen LogP contribution in [-0.2, 0) is 0 Å². The summed E-state index contributed by atoms with van der Waals surface area (Å²) in [7, 11) is 0. The smallest absolute Gasteiger partial charge is 0.138 e. The Morgan fingerprint density at radius 3 is 2.25 bits per heavy atom. The summed E-state index contributed by atoms with van der Waals surface area (Å²) in [5, 5.41) is 1.23. The lowest BCUT2D eigenvalue weighted by Crippen LogP contribution is -2.04. The molecular formula is C14H19NO. The summed E-state index contributed by atoms with van der Waals surface area (Å²) >= 11 is 0. The average molecular weight is 217 g/mol. The maximum atomic E-state index is 5.93. The molecule has 0 aliphatic rings. The van der Waals surface area contributed by atoms with E-state index < -0.39 is 0 Å². The van der Waals surface area contributed by atoms with Gasteiger partial charge in [-0.25, -0.2) is 0 Å². The summed E-state index contributed by atoms with van der Waals surface area (Å²) in [6.45, 7) is 10.4. The summed E-state index contributed by atoms with van der Waals surface area (Å²) in [6, 6.07) is 2.16. The van der Waals surface area contributed by atoms with Crippen LogP contribution >= 0.6 is 0 Å². The highest BCUT2D eigenvalue weighted by molar-refractivity contribution is 5.88. The third-order valence-electron chi connectivity index (χ3n) is 3.36. The predicted octanol–water partition coefficient (Wildman–Crippen LogP) is 3.69. The van der Waals surface area contributed by atoms with Crippen LogP contribution in [0.3, 0.4) is 0 Å². The lowest BCUT2D eigenvalue weighted by molar-refractivity contribution is 0.507. The first kappa shape index (κ1) is 11.2. The number of hydrogen-bond donors (Lipinski definition) is 1. The van der Waals surface area contributed by atoms with E-state index >= 15 is 0 Å². The fourth-order valence-corrected chi connectivity index (χ4v) is 2.39. The topological polar surface area (TPSA) is 39.2 Å². The molecule has 2 nitrogen and oxygen atoms in total. The predicted molar refractivity (Wildman–Crippen MR) is 67.8 cm³/mol. The fraction of sp³-hybridized carbons (Fsp3) is 0.429. The van der Waals surface area contributed by atoms with Gasteiger partial charge in [0, 0.05) is 10.9 Å². The zero-order valence-electron chi connectivity index (χ0n) is 10.6. The minimum absolute atomic E-state index is 0.0495. The maximum Gasteiger partial charge on any atom is 0.138 e. The number of furan rings is 1. The van der Waals surface area contributed by atoms with Crippen molar-refractivity contribution in [2.75, 3.05) is 0 Å². The van der Waals surface area contributed by atoms with Crippen LogP contribution in [0.5, 0.6) is 0 Å². The van der Waals surface area contributed by atoms with E-state index in [0.717, 1.165) is 11.3 Å². The van der Waals surface area contributed by atoms with Crippen molar-refractivity contribution in [3.63, 3.8) is 0 Å². The molecule has 0 amide bonds. The molecule has 0 saturated heterocycles. The Balaban J connectivity index is 2.91. The van der Waals surface area contributed by atoms with E-state index in [2.05, 4.69) is 33.8 Å². The molecule has 1 aromatic carbocycles.